The molecule has 0 unspecified atom stereocenters. The molecule has 0 saturated heterocycles. The Balaban J connectivity index is 2.21. The number of carbonyl (C=O) groups is 2. The Hall–Kier alpha value is -3.16. The van der Waals surface area contributed by atoms with Crippen LogP contribution in [-0.4, -0.2) is 49.2 Å². The zero-order chi connectivity index (χ0) is 19.7. The molecular weight excluding hydrogens is 348 g/mol. The van der Waals surface area contributed by atoms with Crippen LogP contribution in [0.25, 0.3) is 22.5 Å². The van der Waals surface area contributed by atoms with Crippen LogP contribution in [0.4, 0.5) is 0 Å². The average molecular weight is 370 g/mol. The van der Waals surface area contributed by atoms with E-state index in [9.17, 15) is 14.7 Å². The number of nitrogens with zero attached hydrogens (tertiary/aromatic N) is 4. The third kappa shape index (κ3) is 3.55. The molecule has 0 spiro atoms. The molecule has 0 aliphatic rings. The highest BCUT2D eigenvalue weighted by Crippen LogP contribution is 2.27. The monoisotopic (exact) mass is 370 g/mol. The Bertz CT molecular complexity index is 973. The minimum absolute atomic E-state index is 0.0463. The third-order valence-electron chi connectivity index (χ3n) is 4.25. The maximum absolute atomic E-state index is 13.2. The second-order valence-corrected chi connectivity index (χ2v) is 6.87. The molecule has 0 bridgehead atoms. The minimum atomic E-state index is -1.06. The number of carboxylic acid groups (broad SMARTS) is 1. The molecule has 0 aliphatic heterocycles. The van der Waals surface area contributed by atoms with Crippen molar-refractivity contribution in [1.82, 2.24) is 19.7 Å². The molecule has 3 aromatic rings. The number of aromatic nitrogens is 3. The standard InChI is InChI=1S/C19H22N4O4/c1-11(2)22(10-17(24)25)19(26)13-8-15(16-6-5-7-27-16)21-18-14(13)9-20-23(18)12(3)4/h5-9,11-12H,10H2,1-4H3,(H,24,25). The quantitative estimate of drug-likeness (QED) is 0.715. The molecule has 27 heavy (non-hydrogen) atoms. The smallest absolute Gasteiger partial charge is 0.323 e. The lowest BCUT2D eigenvalue weighted by atomic mass is 10.1. The summed E-state index contributed by atoms with van der Waals surface area (Å²) in [6.45, 7) is 7.13. The van der Waals surface area contributed by atoms with Crippen LogP contribution in [0.5, 0.6) is 0 Å². The second kappa shape index (κ2) is 7.22. The predicted octanol–water partition coefficient (Wildman–Crippen LogP) is 3.21. The van der Waals surface area contributed by atoms with Crippen LogP contribution in [-0.2, 0) is 4.79 Å². The highest BCUT2D eigenvalue weighted by atomic mass is 16.4. The van der Waals surface area contributed by atoms with Gasteiger partial charge in [0.15, 0.2) is 11.4 Å². The molecule has 3 heterocycles. The number of fused-ring (bicyclic) bond motifs is 1. The van der Waals surface area contributed by atoms with E-state index < -0.39 is 5.97 Å². The fraction of sp³-hybridized carbons (Fsp3) is 0.368. The zero-order valence-corrected chi connectivity index (χ0v) is 15.7. The van der Waals surface area contributed by atoms with Gasteiger partial charge < -0.3 is 14.4 Å². The van der Waals surface area contributed by atoms with E-state index in [1.807, 2.05) is 13.8 Å². The molecule has 0 radical (unpaired) electrons. The molecule has 8 nitrogen and oxygen atoms in total. The highest BCUT2D eigenvalue weighted by Gasteiger charge is 2.26. The summed E-state index contributed by atoms with van der Waals surface area (Å²) in [6.07, 6.45) is 3.13. The number of furan rings is 1. The van der Waals surface area contributed by atoms with E-state index in [0.717, 1.165) is 0 Å². The summed E-state index contributed by atoms with van der Waals surface area (Å²) in [7, 11) is 0. The fourth-order valence-corrected chi connectivity index (χ4v) is 2.91. The molecule has 0 atom stereocenters. The molecule has 3 rings (SSSR count). The summed E-state index contributed by atoms with van der Waals surface area (Å²) in [5.74, 6) is -0.917. The van der Waals surface area contributed by atoms with E-state index in [-0.39, 0.29) is 24.5 Å². The summed E-state index contributed by atoms with van der Waals surface area (Å²) in [5, 5.41) is 14.1. The molecule has 3 aromatic heterocycles. The van der Waals surface area contributed by atoms with Crippen molar-refractivity contribution in [2.45, 2.75) is 39.8 Å². The van der Waals surface area contributed by atoms with Crippen molar-refractivity contribution in [3.05, 3.63) is 36.2 Å². The van der Waals surface area contributed by atoms with Gasteiger partial charge in [-0.25, -0.2) is 9.67 Å². The SMILES string of the molecule is CC(C)N(CC(=O)O)C(=O)c1cc(-c2ccco2)nc2c1cnn2C(C)C. The third-order valence-corrected chi connectivity index (χ3v) is 4.25. The highest BCUT2D eigenvalue weighted by molar-refractivity contribution is 6.07. The number of hydrogen-bond donors (Lipinski definition) is 1. The maximum atomic E-state index is 13.2. The summed E-state index contributed by atoms with van der Waals surface area (Å²) in [5.41, 5.74) is 1.41. The summed E-state index contributed by atoms with van der Waals surface area (Å²) in [6, 6.07) is 4.91. The van der Waals surface area contributed by atoms with Crippen molar-refractivity contribution in [2.75, 3.05) is 6.54 Å². The Morgan fingerprint density at radius 1 is 1.30 bits per heavy atom. The number of amides is 1. The number of hydrogen-bond acceptors (Lipinski definition) is 5. The molecule has 142 valence electrons. The van der Waals surface area contributed by atoms with Crippen LogP contribution >= 0.6 is 0 Å². The van der Waals surface area contributed by atoms with Crippen molar-refractivity contribution >= 4 is 22.9 Å². The van der Waals surface area contributed by atoms with Gasteiger partial charge in [-0.05, 0) is 45.9 Å². The second-order valence-electron chi connectivity index (χ2n) is 6.87. The Morgan fingerprint density at radius 2 is 2.04 bits per heavy atom. The number of carboxylic acids is 1. The van der Waals surface area contributed by atoms with Crippen LogP contribution < -0.4 is 0 Å². The van der Waals surface area contributed by atoms with E-state index in [1.54, 1.807) is 42.9 Å². The zero-order valence-electron chi connectivity index (χ0n) is 15.7. The van der Waals surface area contributed by atoms with Crippen molar-refractivity contribution in [1.29, 1.82) is 0 Å². The van der Waals surface area contributed by atoms with Gasteiger partial charge in [-0.2, -0.15) is 5.10 Å². The van der Waals surface area contributed by atoms with Crippen LogP contribution in [0.15, 0.2) is 35.1 Å². The van der Waals surface area contributed by atoms with E-state index in [2.05, 4.69) is 10.1 Å². The number of pyridine rings is 1. The van der Waals surface area contributed by atoms with Gasteiger partial charge in [-0.1, -0.05) is 0 Å². The first-order valence-corrected chi connectivity index (χ1v) is 8.74. The van der Waals surface area contributed by atoms with E-state index in [4.69, 9.17) is 4.42 Å². The topological polar surface area (TPSA) is 101 Å². The van der Waals surface area contributed by atoms with Crippen LogP contribution in [0.1, 0.15) is 44.1 Å². The molecule has 0 saturated carbocycles. The summed E-state index contributed by atoms with van der Waals surface area (Å²) in [4.78, 5) is 30.4. The Morgan fingerprint density at radius 3 is 2.59 bits per heavy atom. The first kappa shape index (κ1) is 18.6. The molecule has 1 amide bonds. The van der Waals surface area contributed by atoms with Crippen LogP contribution in [0.2, 0.25) is 0 Å². The molecule has 1 N–H and O–H groups in total. The Labute approximate surface area is 156 Å². The number of carbonyl (C=O) groups excluding carboxylic acids is 1. The molecule has 8 heteroatoms. The predicted molar refractivity (Wildman–Crippen MR) is 99.4 cm³/mol. The fourth-order valence-electron chi connectivity index (χ4n) is 2.91. The first-order chi connectivity index (χ1) is 12.8. The van der Waals surface area contributed by atoms with Gasteiger partial charge in [0.2, 0.25) is 0 Å². The molecule has 0 aromatic carbocycles. The van der Waals surface area contributed by atoms with E-state index in [0.29, 0.717) is 28.1 Å². The Kier molecular flexibility index (Phi) is 4.98. The largest absolute Gasteiger partial charge is 0.480 e. The number of aliphatic carboxylic acids is 1. The molecule has 0 fully saturated rings. The molecular formula is C19H22N4O4. The lowest BCUT2D eigenvalue weighted by molar-refractivity contribution is -0.138. The van der Waals surface area contributed by atoms with Crippen molar-refractivity contribution in [3.63, 3.8) is 0 Å². The van der Waals surface area contributed by atoms with Gasteiger partial charge in [-0.3, -0.25) is 9.59 Å². The average Bonchev–Trinajstić information content (AvgIpc) is 3.26. The van der Waals surface area contributed by atoms with E-state index in [1.165, 1.54) is 11.2 Å². The maximum Gasteiger partial charge on any atom is 0.323 e. The van der Waals surface area contributed by atoms with Crippen molar-refractivity contribution in [3.8, 4) is 11.5 Å². The van der Waals surface area contributed by atoms with Gasteiger partial charge in [-0.15, -0.1) is 0 Å². The first-order valence-electron chi connectivity index (χ1n) is 8.74. The van der Waals surface area contributed by atoms with Gasteiger partial charge in [0.25, 0.3) is 5.91 Å². The summed E-state index contributed by atoms with van der Waals surface area (Å²) < 4.78 is 7.17. The van der Waals surface area contributed by atoms with Gasteiger partial charge in [0.1, 0.15) is 12.2 Å². The van der Waals surface area contributed by atoms with Gasteiger partial charge >= 0.3 is 5.97 Å². The number of rotatable bonds is 6. The van der Waals surface area contributed by atoms with Gasteiger partial charge in [0.05, 0.1) is 23.4 Å². The normalized spacial score (nSPS) is 11.5. The van der Waals surface area contributed by atoms with Crippen LogP contribution in [0, 0.1) is 0 Å². The minimum Gasteiger partial charge on any atom is -0.480 e. The molecule has 0 aliphatic carbocycles. The van der Waals surface area contributed by atoms with Gasteiger partial charge in [0, 0.05) is 12.1 Å². The lowest BCUT2D eigenvalue weighted by Crippen LogP contribution is -2.40. The lowest BCUT2D eigenvalue weighted by Gasteiger charge is -2.25. The van der Waals surface area contributed by atoms with Crippen molar-refractivity contribution in [2.24, 2.45) is 0 Å². The van der Waals surface area contributed by atoms with Crippen molar-refractivity contribution < 1.29 is 19.1 Å². The van der Waals surface area contributed by atoms with E-state index >= 15 is 0 Å². The summed E-state index contributed by atoms with van der Waals surface area (Å²) >= 11 is 0. The van der Waals surface area contributed by atoms with Crippen LogP contribution in [0.3, 0.4) is 0 Å².